The van der Waals surface area contributed by atoms with Crippen LogP contribution in [0.1, 0.15) is 49.5 Å². The number of hydrogen-bond donors (Lipinski definition) is 0. The molecule has 5 heteroatoms. The van der Waals surface area contributed by atoms with Crippen molar-refractivity contribution in [2.45, 2.75) is 39.0 Å². The van der Waals surface area contributed by atoms with Crippen molar-refractivity contribution in [3.8, 4) is 5.75 Å². The molecule has 25 heavy (non-hydrogen) atoms. The zero-order chi connectivity index (χ0) is 18.8. The Kier molecular flexibility index (Phi) is 6.44. The highest BCUT2D eigenvalue weighted by Crippen LogP contribution is 2.45. The van der Waals surface area contributed by atoms with Gasteiger partial charge < -0.3 is 4.74 Å². The normalized spacial score (nSPS) is 20.0. The van der Waals surface area contributed by atoms with Crippen molar-refractivity contribution >= 4 is 35.1 Å². The number of Topliss-reactive ketones (excluding diaryl/α,β-unsaturated/α-hetero) is 2. The minimum atomic E-state index is -0.675. The van der Waals surface area contributed by atoms with Crippen LogP contribution in [0.15, 0.2) is 28.0 Å². The maximum atomic E-state index is 13.4. The Balaban J connectivity index is 2.72. The van der Waals surface area contributed by atoms with Gasteiger partial charge in [-0.1, -0.05) is 19.9 Å². The Morgan fingerprint density at radius 3 is 2.36 bits per heavy atom. The fourth-order valence-electron chi connectivity index (χ4n) is 3.25. The number of carbonyl (C=O) groups is 2. The van der Waals surface area contributed by atoms with Crippen LogP contribution in [0.3, 0.4) is 0 Å². The van der Waals surface area contributed by atoms with Gasteiger partial charge in [0, 0.05) is 5.56 Å². The largest absolute Gasteiger partial charge is 0.497 e. The molecular weight excluding hydrogens is 352 g/mol. The number of ether oxygens (including phenoxy) is 1. The SMILES string of the molecule is COc1ccc2c(c1)C(=O)C(=C(SC)SC)C(=O)C2(C)CCC(C)C. The highest BCUT2D eigenvalue weighted by atomic mass is 32.2. The number of fused-ring (bicyclic) bond motifs is 1. The number of methoxy groups -OCH3 is 1. The first-order valence-electron chi connectivity index (χ1n) is 8.40. The van der Waals surface area contributed by atoms with Gasteiger partial charge in [0.15, 0.2) is 11.6 Å². The number of hydrogen-bond acceptors (Lipinski definition) is 5. The smallest absolute Gasteiger partial charge is 0.198 e. The van der Waals surface area contributed by atoms with Gasteiger partial charge in [-0.25, -0.2) is 0 Å². The molecule has 1 atom stereocenters. The fourth-order valence-corrected chi connectivity index (χ4v) is 4.70. The molecule has 1 aromatic rings. The molecule has 1 aromatic carbocycles. The molecule has 0 saturated heterocycles. The molecule has 0 amide bonds. The summed E-state index contributed by atoms with van der Waals surface area (Å²) in [6, 6.07) is 5.50. The van der Waals surface area contributed by atoms with Gasteiger partial charge in [0.1, 0.15) is 5.75 Å². The van der Waals surface area contributed by atoms with Crippen LogP contribution < -0.4 is 4.74 Å². The molecule has 0 N–H and O–H groups in total. The van der Waals surface area contributed by atoms with Crippen molar-refractivity contribution in [1.82, 2.24) is 0 Å². The summed E-state index contributed by atoms with van der Waals surface area (Å²) in [5, 5.41) is 0. The molecular formula is C20H26O3S2. The lowest BCUT2D eigenvalue weighted by Crippen LogP contribution is -2.42. The van der Waals surface area contributed by atoms with Crippen LogP contribution >= 0.6 is 23.5 Å². The molecule has 0 bridgehead atoms. The van der Waals surface area contributed by atoms with Crippen LogP contribution in [0.2, 0.25) is 0 Å². The summed E-state index contributed by atoms with van der Waals surface area (Å²) in [7, 11) is 1.59. The highest BCUT2D eigenvalue weighted by molar-refractivity contribution is 8.21. The fraction of sp³-hybridized carbons (Fsp3) is 0.500. The quantitative estimate of drug-likeness (QED) is 0.509. The molecule has 0 spiro atoms. The average molecular weight is 379 g/mol. The molecule has 0 heterocycles. The number of ketones is 2. The van der Waals surface area contributed by atoms with E-state index in [0.717, 1.165) is 22.6 Å². The first-order valence-corrected chi connectivity index (χ1v) is 10.8. The van der Waals surface area contributed by atoms with Gasteiger partial charge >= 0.3 is 0 Å². The maximum absolute atomic E-state index is 13.4. The molecule has 0 radical (unpaired) electrons. The Labute approximate surface area is 159 Å². The molecule has 0 aliphatic heterocycles. The molecule has 136 valence electrons. The second-order valence-electron chi connectivity index (χ2n) is 6.91. The summed E-state index contributed by atoms with van der Waals surface area (Å²) >= 11 is 2.93. The highest BCUT2D eigenvalue weighted by Gasteiger charge is 2.46. The van der Waals surface area contributed by atoms with Crippen LogP contribution in [0, 0.1) is 5.92 Å². The second kappa shape index (κ2) is 8.00. The van der Waals surface area contributed by atoms with Crippen LogP contribution in [0.4, 0.5) is 0 Å². The van der Waals surface area contributed by atoms with E-state index in [1.54, 1.807) is 13.2 Å². The van der Waals surface area contributed by atoms with Crippen molar-refractivity contribution in [2.24, 2.45) is 5.92 Å². The van der Waals surface area contributed by atoms with Crippen LogP contribution in [-0.2, 0) is 10.2 Å². The molecule has 1 aliphatic rings. The van der Waals surface area contributed by atoms with Crippen LogP contribution in [0.5, 0.6) is 5.75 Å². The van der Waals surface area contributed by atoms with Crippen LogP contribution in [-0.4, -0.2) is 31.2 Å². The first kappa shape index (κ1) is 20.1. The third kappa shape index (κ3) is 3.68. The van der Waals surface area contributed by atoms with Gasteiger partial charge in [0.05, 0.1) is 22.3 Å². The number of rotatable bonds is 6. The van der Waals surface area contributed by atoms with Gasteiger partial charge in [-0.05, 0) is 55.9 Å². The third-order valence-corrected chi connectivity index (χ3v) is 6.97. The van der Waals surface area contributed by atoms with Gasteiger partial charge in [0.2, 0.25) is 0 Å². The van der Waals surface area contributed by atoms with Crippen molar-refractivity contribution in [3.05, 3.63) is 39.1 Å². The average Bonchev–Trinajstić information content (AvgIpc) is 2.61. The van der Waals surface area contributed by atoms with E-state index in [4.69, 9.17) is 4.74 Å². The van der Waals surface area contributed by atoms with E-state index >= 15 is 0 Å². The Hall–Kier alpha value is -1.20. The van der Waals surface area contributed by atoms with Gasteiger partial charge in [-0.3, -0.25) is 9.59 Å². The molecule has 0 saturated carbocycles. The maximum Gasteiger partial charge on any atom is 0.198 e. The lowest BCUT2D eigenvalue weighted by molar-refractivity contribution is -0.120. The summed E-state index contributed by atoms with van der Waals surface area (Å²) in [5.41, 5.74) is 1.09. The molecule has 0 fully saturated rings. The van der Waals surface area contributed by atoms with Crippen molar-refractivity contribution in [3.63, 3.8) is 0 Å². The molecule has 1 unspecified atom stereocenters. The summed E-state index contributed by atoms with van der Waals surface area (Å²) in [6.45, 7) is 6.29. The Morgan fingerprint density at radius 2 is 1.84 bits per heavy atom. The van der Waals surface area contributed by atoms with Crippen LogP contribution in [0.25, 0.3) is 0 Å². The molecule has 1 aliphatic carbocycles. The Bertz CT molecular complexity index is 716. The molecule has 2 rings (SSSR count). The predicted molar refractivity (Wildman–Crippen MR) is 108 cm³/mol. The first-order chi connectivity index (χ1) is 11.8. The third-order valence-electron chi connectivity index (χ3n) is 4.82. The topological polar surface area (TPSA) is 43.4 Å². The van der Waals surface area contributed by atoms with E-state index in [1.807, 2.05) is 31.6 Å². The minimum absolute atomic E-state index is 0.0467. The van der Waals surface area contributed by atoms with E-state index in [0.29, 0.717) is 22.8 Å². The standard InChI is InChI=1S/C20H26O3S2/c1-12(2)9-10-20(3)15-8-7-13(23-4)11-14(15)17(21)16(18(20)22)19(24-5)25-6/h7-8,11-12H,9-10H2,1-6H3. The second-order valence-corrected chi connectivity index (χ2v) is 8.80. The summed E-state index contributed by atoms with van der Waals surface area (Å²) in [5.74, 6) is 0.910. The lowest BCUT2D eigenvalue weighted by Gasteiger charge is -2.36. The molecule has 0 aromatic heterocycles. The van der Waals surface area contributed by atoms with E-state index < -0.39 is 5.41 Å². The lowest BCUT2D eigenvalue weighted by atomic mass is 9.65. The van der Waals surface area contributed by atoms with Crippen molar-refractivity contribution in [2.75, 3.05) is 19.6 Å². The monoisotopic (exact) mass is 378 g/mol. The predicted octanol–water partition coefficient (Wildman–Crippen LogP) is 5.09. The van der Waals surface area contributed by atoms with Crippen molar-refractivity contribution < 1.29 is 14.3 Å². The van der Waals surface area contributed by atoms with E-state index in [-0.39, 0.29) is 11.6 Å². The minimum Gasteiger partial charge on any atom is -0.497 e. The zero-order valence-electron chi connectivity index (χ0n) is 15.8. The van der Waals surface area contributed by atoms with E-state index in [9.17, 15) is 9.59 Å². The summed E-state index contributed by atoms with van der Waals surface area (Å²) in [4.78, 5) is 26.5. The summed E-state index contributed by atoms with van der Waals surface area (Å²) < 4.78 is 6.10. The zero-order valence-corrected chi connectivity index (χ0v) is 17.4. The van der Waals surface area contributed by atoms with Crippen molar-refractivity contribution in [1.29, 1.82) is 0 Å². The number of thioether (sulfide) groups is 2. The van der Waals surface area contributed by atoms with Gasteiger partial charge in [-0.15, -0.1) is 23.5 Å². The number of carbonyl (C=O) groups excluding carboxylic acids is 2. The van der Waals surface area contributed by atoms with Gasteiger partial charge in [0.25, 0.3) is 0 Å². The van der Waals surface area contributed by atoms with E-state index in [1.165, 1.54) is 23.5 Å². The van der Waals surface area contributed by atoms with Gasteiger partial charge in [-0.2, -0.15) is 0 Å². The number of allylic oxidation sites excluding steroid dienone is 1. The Morgan fingerprint density at radius 1 is 1.20 bits per heavy atom. The van der Waals surface area contributed by atoms with E-state index in [2.05, 4.69) is 13.8 Å². The molecule has 3 nitrogen and oxygen atoms in total. The summed E-state index contributed by atoms with van der Waals surface area (Å²) in [6.07, 6.45) is 5.48. The number of benzene rings is 1.